The van der Waals surface area contributed by atoms with Crippen LogP contribution in [-0.2, 0) is 27.2 Å². The van der Waals surface area contributed by atoms with E-state index in [1.807, 2.05) is 36.3 Å². The van der Waals surface area contributed by atoms with Crippen LogP contribution in [0.15, 0.2) is 17.3 Å². The first kappa shape index (κ1) is 17.4. The molecule has 2 aromatic heterocycles. The van der Waals surface area contributed by atoms with Crippen molar-refractivity contribution in [2.45, 2.75) is 58.2 Å². The molecule has 25 heavy (non-hydrogen) atoms. The monoisotopic (exact) mass is 344 g/mol. The summed E-state index contributed by atoms with van der Waals surface area (Å²) >= 11 is 0. The van der Waals surface area contributed by atoms with Crippen LogP contribution in [0.1, 0.15) is 49.4 Å². The number of nitrogens with zero attached hydrogens (tertiary/aromatic N) is 6. The lowest BCUT2D eigenvalue weighted by Crippen LogP contribution is -2.44. The topological polar surface area (TPSA) is 85.0 Å². The summed E-state index contributed by atoms with van der Waals surface area (Å²) in [7, 11) is 3.92. The van der Waals surface area contributed by atoms with Crippen LogP contribution in [0, 0.1) is 6.92 Å². The number of aryl methyl sites for hydroxylation is 2. The van der Waals surface area contributed by atoms with E-state index >= 15 is 0 Å². The van der Waals surface area contributed by atoms with Crippen molar-refractivity contribution in [2.75, 3.05) is 0 Å². The summed E-state index contributed by atoms with van der Waals surface area (Å²) in [6.07, 6.45) is 8.12. The van der Waals surface area contributed by atoms with Gasteiger partial charge in [0, 0.05) is 26.3 Å². The Morgan fingerprint density at radius 3 is 2.68 bits per heavy atom. The largest absolute Gasteiger partial charge is 0.354 e. The molecule has 0 aromatic carbocycles. The number of nitrogens with one attached hydrogen (secondary N) is 2. The van der Waals surface area contributed by atoms with Crippen molar-refractivity contribution in [2.24, 2.45) is 19.1 Å². The molecule has 0 atom stereocenters. The number of hydrogen-bond donors (Lipinski definition) is 2. The lowest BCUT2D eigenvalue weighted by Gasteiger charge is -2.25. The number of rotatable bonds is 5. The van der Waals surface area contributed by atoms with Crippen molar-refractivity contribution in [1.82, 2.24) is 35.2 Å². The van der Waals surface area contributed by atoms with E-state index in [0.29, 0.717) is 19.1 Å². The van der Waals surface area contributed by atoms with Gasteiger partial charge in [-0.1, -0.05) is 19.3 Å². The Morgan fingerprint density at radius 1 is 1.24 bits per heavy atom. The normalized spacial score (nSPS) is 16.2. The average molecular weight is 344 g/mol. The highest BCUT2D eigenvalue weighted by Crippen LogP contribution is 2.17. The van der Waals surface area contributed by atoms with Crippen LogP contribution in [0.25, 0.3) is 0 Å². The Balaban J connectivity index is 1.66. The third-order valence-electron chi connectivity index (χ3n) is 4.86. The molecule has 0 bridgehead atoms. The van der Waals surface area contributed by atoms with Crippen molar-refractivity contribution < 1.29 is 0 Å². The smallest absolute Gasteiger partial charge is 0.192 e. The van der Waals surface area contributed by atoms with E-state index in [-0.39, 0.29) is 0 Å². The molecule has 0 unspecified atom stereocenters. The van der Waals surface area contributed by atoms with Gasteiger partial charge in [0.25, 0.3) is 0 Å². The number of aliphatic imine (C=N–C) groups is 1. The number of guanidine groups is 1. The molecule has 3 rings (SSSR count). The second-order valence-electron chi connectivity index (χ2n) is 6.67. The van der Waals surface area contributed by atoms with Gasteiger partial charge >= 0.3 is 0 Å². The van der Waals surface area contributed by atoms with Gasteiger partial charge in [0.2, 0.25) is 0 Å². The highest BCUT2D eigenvalue weighted by atomic mass is 15.3. The molecule has 2 aromatic rings. The van der Waals surface area contributed by atoms with E-state index in [2.05, 4.69) is 25.9 Å². The molecule has 8 heteroatoms. The Labute approximate surface area is 148 Å². The van der Waals surface area contributed by atoms with E-state index in [4.69, 9.17) is 4.99 Å². The van der Waals surface area contributed by atoms with Crippen LogP contribution in [-0.4, -0.2) is 36.5 Å². The van der Waals surface area contributed by atoms with Gasteiger partial charge in [0.15, 0.2) is 11.8 Å². The standard InChI is InChI=1S/C17H28N8/c1-13-22-23-16(24(13)2)12-19-17(21-14-7-5-4-6-8-14)18-11-15-9-10-20-25(15)3/h9-10,14H,4-8,11-12H2,1-3H3,(H2,18,19,21). The van der Waals surface area contributed by atoms with Crippen LogP contribution in [0.4, 0.5) is 0 Å². The summed E-state index contributed by atoms with van der Waals surface area (Å²) in [5, 5.41) is 19.5. The Hall–Kier alpha value is -2.38. The van der Waals surface area contributed by atoms with E-state index in [0.717, 1.165) is 23.3 Å². The third kappa shape index (κ3) is 4.58. The Kier molecular flexibility index (Phi) is 5.67. The molecule has 1 aliphatic carbocycles. The van der Waals surface area contributed by atoms with Gasteiger partial charge in [-0.15, -0.1) is 10.2 Å². The van der Waals surface area contributed by atoms with Gasteiger partial charge in [-0.05, 0) is 25.8 Å². The van der Waals surface area contributed by atoms with Crippen LogP contribution >= 0.6 is 0 Å². The van der Waals surface area contributed by atoms with Crippen molar-refractivity contribution in [3.05, 3.63) is 29.6 Å². The van der Waals surface area contributed by atoms with Crippen molar-refractivity contribution in [3.8, 4) is 0 Å². The van der Waals surface area contributed by atoms with E-state index < -0.39 is 0 Å². The van der Waals surface area contributed by atoms with Crippen molar-refractivity contribution in [3.63, 3.8) is 0 Å². The summed E-state index contributed by atoms with van der Waals surface area (Å²) in [5.41, 5.74) is 1.08. The van der Waals surface area contributed by atoms with Gasteiger partial charge in [-0.2, -0.15) is 5.10 Å². The van der Waals surface area contributed by atoms with Gasteiger partial charge in [0.1, 0.15) is 5.82 Å². The minimum atomic E-state index is 0.493. The number of hydrogen-bond acceptors (Lipinski definition) is 4. The van der Waals surface area contributed by atoms with Gasteiger partial charge < -0.3 is 15.2 Å². The lowest BCUT2D eigenvalue weighted by molar-refractivity contribution is 0.409. The van der Waals surface area contributed by atoms with Gasteiger partial charge in [-0.25, -0.2) is 4.99 Å². The molecule has 2 heterocycles. The van der Waals surface area contributed by atoms with Crippen LogP contribution in [0.5, 0.6) is 0 Å². The summed E-state index contributed by atoms with van der Waals surface area (Å²) in [5.74, 6) is 2.63. The molecule has 0 amide bonds. The van der Waals surface area contributed by atoms with Crippen LogP contribution in [0.2, 0.25) is 0 Å². The maximum Gasteiger partial charge on any atom is 0.192 e. The average Bonchev–Trinajstić information content (AvgIpc) is 3.17. The summed E-state index contributed by atoms with van der Waals surface area (Å²) in [6, 6.07) is 2.49. The van der Waals surface area contributed by atoms with Gasteiger partial charge in [0.05, 0.1) is 18.8 Å². The molecule has 0 radical (unpaired) electrons. The molecule has 136 valence electrons. The van der Waals surface area contributed by atoms with E-state index in [1.54, 1.807) is 6.20 Å². The minimum Gasteiger partial charge on any atom is -0.354 e. The first-order valence-corrected chi connectivity index (χ1v) is 9.00. The molecule has 0 spiro atoms. The highest BCUT2D eigenvalue weighted by molar-refractivity contribution is 5.80. The first-order chi connectivity index (χ1) is 12.1. The maximum atomic E-state index is 4.75. The molecule has 8 nitrogen and oxygen atoms in total. The molecule has 1 aliphatic rings. The van der Waals surface area contributed by atoms with Crippen molar-refractivity contribution >= 4 is 5.96 Å². The van der Waals surface area contributed by atoms with Gasteiger partial charge in [-0.3, -0.25) is 4.68 Å². The molecule has 1 fully saturated rings. The summed E-state index contributed by atoms with van der Waals surface area (Å²) < 4.78 is 3.85. The fourth-order valence-corrected chi connectivity index (χ4v) is 3.08. The highest BCUT2D eigenvalue weighted by Gasteiger charge is 2.15. The Bertz CT molecular complexity index is 708. The summed E-state index contributed by atoms with van der Waals surface area (Å²) in [6.45, 7) is 3.14. The predicted molar refractivity (Wildman–Crippen MR) is 96.9 cm³/mol. The molecule has 0 saturated heterocycles. The predicted octanol–water partition coefficient (Wildman–Crippen LogP) is 1.43. The molecule has 0 aliphatic heterocycles. The SMILES string of the molecule is Cc1nnc(CNC(=NCc2ccnn2C)NC2CCCCC2)n1C. The van der Waals surface area contributed by atoms with Crippen LogP contribution in [0.3, 0.4) is 0 Å². The minimum absolute atomic E-state index is 0.493. The fourth-order valence-electron chi connectivity index (χ4n) is 3.08. The second kappa shape index (κ2) is 8.13. The zero-order valence-electron chi connectivity index (χ0n) is 15.4. The van der Waals surface area contributed by atoms with Crippen molar-refractivity contribution in [1.29, 1.82) is 0 Å². The maximum absolute atomic E-state index is 4.75. The molecular weight excluding hydrogens is 316 g/mol. The van der Waals surface area contributed by atoms with E-state index in [1.165, 1.54) is 32.1 Å². The number of aromatic nitrogens is 5. The van der Waals surface area contributed by atoms with E-state index in [9.17, 15) is 0 Å². The zero-order valence-corrected chi connectivity index (χ0v) is 15.4. The molecular formula is C17H28N8. The quantitative estimate of drug-likeness (QED) is 0.633. The van der Waals surface area contributed by atoms with Crippen LogP contribution < -0.4 is 10.6 Å². The third-order valence-corrected chi connectivity index (χ3v) is 4.86. The zero-order chi connectivity index (χ0) is 17.6. The molecule has 2 N–H and O–H groups in total. The first-order valence-electron chi connectivity index (χ1n) is 9.00. The second-order valence-corrected chi connectivity index (χ2v) is 6.67. The Morgan fingerprint density at radius 2 is 2.04 bits per heavy atom. The summed E-state index contributed by atoms with van der Waals surface area (Å²) in [4.78, 5) is 4.75. The molecule has 1 saturated carbocycles. The lowest BCUT2D eigenvalue weighted by atomic mass is 9.96. The fraction of sp³-hybridized carbons (Fsp3) is 0.647.